The first-order valence-corrected chi connectivity index (χ1v) is 11.0. The van der Waals surface area contributed by atoms with Crippen molar-refractivity contribution in [2.75, 3.05) is 13.2 Å². The molecule has 0 aromatic heterocycles. The van der Waals surface area contributed by atoms with Crippen LogP contribution in [0.1, 0.15) is 22.3 Å². The molecular formula is C25H20BrN3O4. The van der Waals surface area contributed by atoms with E-state index in [0.717, 1.165) is 21.2 Å². The van der Waals surface area contributed by atoms with Crippen LogP contribution in [0.5, 0.6) is 17.2 Å². The first kappa shape index (κ1) is 22.4. The largest absolute Gasteiger partial charge is 0.488 e. The number of hydrogen-bond donors (Lipinski definition) is 1. The molecule has 33 heavy (non-hydrogen) atoms. The number of halogens is 1. The SMILES string of the molecule is N#Cc1ccccc1COc1ccc(/C=N/NC(=O)Cc2ccc3c(c2)OCCO3)cc1Br. The summed E-state index contributed by atoms with van der Waals surface area (Å²) >= 11 is 3.49. The highest BCUT2D eigenvalue weighted by atomic mass is 79.9. The van der Waals surface area contributed by atoms with E-state index < -0.39 is 0 Å². The fourth-order valence-electron chi connectivity index (χ4n) is 3.23. The number of fused-ring (bicyclic) bond motifs is 1. The Labute approximate surface area is 199 Å². The zero-order chi connectivity index (χ0) is 23.0. The van der Waals surface area contributed by atoms with Crippen molar-refractivity contribution in [2.45, 2.75) is 13.0 Å². The molecule has 166 valence electrons. The minimum Gasteiger partial charge on any atom is -0.488 e. The fraction of sp³-hybridized carbons (Fsp3) is 0.160. The van der Waals surface area contributed by atoms with Crippen LogP contribution in [0.15, 0.2) is 70.2 Å². The first-order chi connectivity index (χ1) is 16.1. The molecule has 0 bridgehead atoms. The van der Waals surface area contributed by atoms with Crippen molar-refractivity contribution in [3.05, 3.63) is 87.4 Å². The number of nitrogens with one attached hydrogen (secondary N) is 1. The molecule has 7 nitrogen and oxygen atoms in total. The lowest BCUT2D eigenvalue weighted by molar-refractivity contribution is -0.120. The molecule has 0 unspecified atom stereocenters. The molecule has 0 spiro atoms. The second-order valence-corrected chi connectivity index (χ2v) is 8.05. The van der Waals surface area contributed by atoms with E-state index in [1.54, 1.807) is 24.4 Å². The molecule has 0 radical (unpaired) electrons. The quantitative estimate of drug-likeness (QED) is 0.380. The molecule has 1 aliphatic heterocycles. The Hall–Kier alpha value is -3.83. The summed E-state index contributed by atoms with van der Waals surface area (Å²) < 4.78 is 17.6. The Kier molecular flexibility index (Phi) is 7.22. The summed E-state index contributed by atoms with van der Waals surface area (Å²) in [5.41, 5.74) is 5.54. The number of carbonyl (C=O) groups is 1. The van der Waals surface area contributed by atoms with Crippen molar-refractivity contribution >= 4 is 28.1 Å². The van der Waals surface area contributed by atoms with E-state index in [1.807, 2.05) is 42.5 Å². The average Bonchev–Trinajstić information content (AvgIpc) is 2.83. The van der Waals surface area contributed by atoms with Crippen LogP contribution in [0.2, 0.25) is 0 Å². The van der Waals surface area contributed by atoms with Crippen molar-refractivity contribution < 1.29 is 19.0 Å². The van der Waals surface area contributed by atoms with Gasteiger partial charge in [0.05, 0.1) is 28.7 Å². The minimum atomic E-state index is -0.238. The monoisotopic (exact) mass is 505 g/mol. The van der Waals surface area contributed by atoms with E-state index in [1.165, 1.54) is 0 Å². The Bertz CT molecular complexity index is 1240. The molecule has 1 amide bonds. The number of amides is 1. The number of nitriles is 1. The van der Waals surface area contributed by atoms with Gasteiger partial charge < -0.3 is 14.2 Å². The van der Waals surface area contributed by atoms with Crippen LogP contribution >= 0.6 is 15.9 Å². The second kappa shape index (κ2) is 10.7. The highest BCUT2D eigenvalue weighted by molar-refractivity contribution is 9.10. The Morgan fingerprint density at radius 2 is 1.94 bits per heavy atom. The summed E-state index contributed by atoms with van der Waals surface area (Å²) in [5, 5.41) is 13.2. The first-order valence-electron chi connectivity index (χ1n) is 10.2. The highest BCUT2D eigenvalue weighted by Crippen LogP contribution is 2.31. The number of hydrazone groups is 1. The molecule has 1 N–H and O–H groups in total. The van der Waals surface area contributed by atoms with Crippen molar-refractivity contribution in [1.29, 1.82) is 5.26 Å². The summed E-state index contributed by atoms with van der Waals surface area (Å²) in [7, 11) is 0. The lowest BCUT2D eigenvalue weighted by atomic mass is 10.1. The predicted octanol–water partition coefficient (Wildman–Crippen LogP) is 4.36. The summed E-state index contributed by atoms with van der Waals surface area (Å²) in [4.78, 5) is 12.2. The average molecular weight is 506 g/mol. The normalized spacial score (nSPS) is 12.2. The third-order valence-electron chi connectivity index (χ3n) is 4.85. The van der Waals surface area contributed by atoms with Crippen LogP contribution in [-0.2, 0) is 17.8 Å². The number of hydrogen-bond acceptors (Lipinski definition) is 6. The molecule has 1 heterocycles. The molecule has 0 saturated carbocycles. The van der Waals surface area contributed by atoms with E-state index in [2.05, 4.69) is 32.5 Å². The Morgan fingerprint density at radius 3 is 2.76 bits per heavy atom. The molecule has 0 aliphatic carbocycles. The number of benzene rings is 3. The minimum absolute atomic E-state index is 0.175. The van der Waals surface area contributed by atoms with Crippen LogP contribution in [0.4, 0.5) is 0 Å². The Morgan fingerprint density at radius 1 is 1.12 bits per heavy atom. The van der Waals surface area contributed by atoms with E-state index in [9.17, 15) is 10.1 Å². The molecule has 0 fully saturated rings. The van der Waals surface area contributed by atoms with Gasteiger partial charge >= 0.3 is 0 Å². The van der Waals surface area contributed by atoms with E-state index >= 15 is 0 Å². The fourth-order valence-corrected chi connectivity index (χ4v) is 3.74. The number of ether oxygens (including phenoxy) is 3. The van der Waals surface area contributed by atoms with Crippen molar-refractivity contribution in [2.24, 2.45) is 5.10 Å². The maximum atomic E-state index is 12.2. The Balaban J connectivity index is 1.30. The van der Waals surface area contributed by atoms with Crippen LogP contribution in [0.25, 0.3) is 0 Å². The molecule has 0 atom stereocenters. The van der Waals surface area contributed by atoms with Gasteiger partial charge in [0.15, 0.2) is 11.5 Å². The smallest absolute Gasteiger partial charge is 0.244 e. The van der Waals surface area contributed by atoms with Gasteiger partial charge in [0.1, 0.15) is 25.6 Å². The number of nitrogens with zero attached hydrogens (tertiary/aromatic N) is 2. The van der Waals surface area contributed by atoms with Crippen LogP contribution in [-0.4, -0.2) is 25.3 Å². The van der Waals surface area contributed by atoms with Gasteiger partial charge in [-0.15, -0.1) is 0 Å². The highest BCUT2D eigenvalue weighted by Gasteiger charge is 2.13. The standard InChI is InChI=1S/C25H20BrN3O4/c26-21-11-18(6-7-22(21)33-16-20-4-2-1-3-19(20)14-27)15-28-29-25(30)13-17-5-8-23-24(12-17)32-10-9-31-23/h1-8,11-12,15H,9-10,13,16H2,(H,29,30)/b28-15+. The van der Waals surface area contributed by atoms with Crippen LogP contribution in [0.3, 0.4) is 0 Å². The maximum absolute atomic E-state index is 12.2. The summed E-state index contributed by atoms with van der Waals surface area (Å²) in [6, 6.07) is 20.4. The van der Waals surface area contributed by atoms with Gasteiger partial charge in [-0.05, 0) is 63.5 Å². The van der Waals surface area contributed by atoms with Gasteiger partial charge in [0, 0.05) is 5.56 Å². The molecule has 8 heteroatoms. The molecule has 3 aromatic carbocycles. The number of carbonyl (C=O) groups excluding carboxylic acids is 1. The molecule has 3 aromatic rings. The van der Waals surface area contributed by atoms with Crippen LogP contribution < -0.4 is 19.6 Å². The van der Waals surface area contributed by atoms with Gasteiger partial charge in [0.25, 0.3) is 0 Å². The van der Waals surface area contributed by atoms with Crippen molar-refractivity contribution in [3.8, 4) is 23.3 Å². The maximum Gasteiger partial charge on any atom is 0.244 e. The lowest BCUT2D eigenvalue weighted by Crippen LogP contribution is -2.20. The van der Waals surface area contributed by atoms with Gasteiger partial charge in [-0.2, -0.15) is 10.4 Å². The summed E-state index contributed by atoms with van der Waals surface area (Å²) in [6.07, 6.45) is 1.73. The second-order valence-electron chi connectivity index (χ2n) is 7.20. The van der Waals surface area contributed by atoms with Crippen LogP contribution in [0, 0.1) is 11.3 Å². The third kappa shape index (κ3) is 5.90. The molecular weight excluding hydrogens is 486 g/mol. The van der Waals surface area contributed by atoms with Gasteiger partial charge in [-0.3, -0.25) is 4.79 Å². The topological polar surface area (TPSA) is 92.9 Å². The van der Waals surface area contributed by atoms with E-state index in [4.69, 9.17) is 14.2 Å². The molecule has 1 aliphatic rings. The lowest BCUT2D eigenvalue weighted by Gasteiger charge is -2.18. The molecule has 0 saturated heterocycles. The van der Waals surface area contributed by atoms with E-state index in [-0.39, 0.29) is 18.9 Å². The summed E-state index contributed by atoms with van der Waals surface area (Å²) in [5.74, 6) is 1.75. The predicted molar refractivity (Wildman–Crippen MR) is 127 cm³/mol. The van der Waals surface area contributed by atoms with E-state index in [0.29, 0.717) is 36.0 Å². The summed E-state index contributed by atoms with van der Waals surface area (Å²) in [6.45, 7) is 1.31. The molecule has 4 rings (SSSR count). The van der Waals surface area contributed by atoms with Crippen molar-refractivity contribution in [3.63, 3.8) is 0 Å². The van der Waals surface area contributed by atoms with Gasteiger partial charge in [0.2, 0.25) is 5.91 Å². The zero-order valence-electron chi connectivity index (χ0n) is 17.6. The zero-order valence-corrected chi connectivity index (χ0v) is 19.2. The van der Waals surface area contributed by atoms with Crippen molar-refractivity contribution in [1.82, 2.24) is 5.43 Å². The number of rotatable bonds is 7. The van der Waals surface area contributed by atoms with Gasteiger partial charge in [-0.1, -0.05) is 24.3 Å². The van der Waals surface area contributed by atoms with Gasteiger partial charge in [-0.25, -0.2) is 5.43 Å². The third-order valence-corrected chi connectivity index (χ3v) is 5.47.